The molecule has 0 radical (unpaired) electrons. The SMILES string of the molecule is CC(O)CC(C)N1CCCCC1=O. The van der Waals surface area contributed by atoms with Crippen molar-refractivity contribution in [3.8, 4) is 0 Å². The Morgan fingerprint density at radius 3 is 2.69 bits per heavy atom. The molecule has 0 spiro atoms. The summed E-state index contributed by atoms with van der Waals surface area (Å²) >= 11 is 0. The Morgan fingerprint density at radius 2 is 2.15 bits per heavy atom. The summed E-state index contributed by atoms with van der Waals surface area (Å²) in [5.74, 6) is 0.249. The van der Waals surface area contributed by atoms with Gasteiger partial charge in [0, 0.05) is 19.0 Å². The number of rotatable bonds is 3. The molecule has 0 aromatic rings. The molecule has 3 nitrogen and oxygen atoms in total. The van der Waals surface area contributed by atoms with Crippen LogP contribution in [-0.4, -0.2) is 34.6 Å². The molecule has 3 heteroatoms. The first-order chi connectivity index (χ1) is 6.11. The van der Waals surface area contributed by atoms with Crippen LogP contribution in [0.5, 0.6) is 0 Å². The van der Waals surface area contributed by atoms with Crippen LogP contribution < -0.4 is 0 Å². The van der Waals surface area contributed by atoms with Gasteiger partial charge in [0.05, 0.1) is 6.10 Å². The Bertz CT molecular complexity index is 180. The Balaban J connectivity index is 2.43. The molecule has 0 aliphatic carbocycles. The molecule has 0 aromatic carbocycles. The number of aliphatic hydroxyl groups is 1. The minimum Gasteiger partial charge on any atom is -0.393 e. The zero-order chi connectivity index (χ0) is 9.84. The number of aliphatic hydroxyl groups excluding tert-OH is 1. The van der Waals surface area contributed by atoms with Crippen molar-refractivity contribution in [3.05, 3.63) is 0 Å². The monoisotopic (exact) mass is 185 g/mol. The number of piperidine rings is 1. The van der Waals surface area contributed by atoms with Crippen molar-refractivity contribution in [2.24, 2.45) is 0 Å². The van der Waals surface area contributed by atoms with Crippen molar-refractivity contribution < 1.29 is 9.90 Å². The highest BCUT2D eigenvalue weighted by atomic mass is 16.3. The van der Waals surface area contributed by atoms with E-state index in [9.17, 15) is 9.90 Å². The molecule has 1 saturated heterocycles. The summed E-state index contributed by atoms with van der Waals surface area (Å²) in [6.45, 7) is 4.65. The summed E-state index contributed by atoms with van der Waals surface area (Å²) in [6, 6.07) is 0.188. The summed E-state index contributed by atoms with van der Waals surface area (Å²) in [6.07, 6.45) is 3.19. The van der Waals surface area contributed by atoms with E-state index in [1.807, 2.05) is 11.8 Å². The first-order valence-electron chi connectivity index (χ1n) is 5.09. The molecule has 0 saturated carbocycles. The lowest BCUT2D eigenvalue weighted by atomic mass is 10.0. The van der Waals surface area contributed by atoms with Crippen molar-refractivity contribution in [2.45, 2.75) is 51.7 Å². The Hall–Kier alpha value is -0.570. The molecule has 1 N–H and O–H groups in total. The van der Waals surface area contributed by atoms with Crippen LogP contribution in [0.4, 0.5) is 0 Å². The standard InChI is InChI=1S/C10H19NO2/c1-8(7-9(2)12)11-6-4-3-5-10(11)13/h8-9,12H,3-7H2,1-2H3. The highest BCUT2D eigenvalue weighted by Crippen LogP contribution is 2.16. The van der Waals surface area contributed by atoms with E-state index < -0.39 is 0 Å². The first kappa shape index (κ1) is 10.5. The molecular formula is C10H19NO2. The number of carbonyl (C=O) groups excluding carboxylic acids is 1. The minimum atomic E-state index is -0.315. The summed E-state index contributed by atoms with van der Waals surface area (Å²) in [5.41, 5.74) is 0. The number of likely N-dealkylation sites (tertiary alicyclic amines) is 1. The molecule has 1 fully saturated rings. The van der Waals surface area contributed by atoms with E-state index >= 15 is 0 Å². The van der Waals surface area contributed by atoms with Crippen LogP contribution in [0.15, 0.2) is 0 Å². The van der Waals surface area contributed by atoms with Gasteiger partial charge in [-0.3, -0.25) is 4.79 Å². The molecule has 1 aliphatic rings. The second-order valence-corrected chi connectivity index (χ2v) is 3.98. The van der Waals surface area contributed by atoms with Crippen LogP contribution in [0.3, 0.4) is 0 Å². The lowest BCUT2D eigenvalue weighted by molar-refractivity contribution is -0.135. The maximum absolute atomic E-state index is 11.5. The number of nitrogens with zero attached hydrogens (tertiary/aromatic N) is 1. The van der Waals surface area contributed by atoms with E-state index in [1.165, 1.54) is 0 Å². The Labute approximate surface area is 79.7 Å². The van der Waals surface area contributed by atoms with E-state index in [-0.39, 0.29) is 18.1 Å². The van der Waals surface area contributed by atoms with Crippen molar-refractivity contribution in [3.63, 3.8) is 0 Å². The fraction of sp³-hybridized carbons (Fsp3) is 0.900. The third-order valence-corrected chi connectivity index (χ3v) is 2.57. The smallest absolute Gasteiger partial charge is 0.222 e. The normalized spacial score (nSPS) is 23.0. The van der Waals surface area contributed by atoms with Gasteiger partial charge in [0.2, 0.25) is 5.91 Å². The second kappa shape index (κ2) is 4.61. The van der Waals surface area contributed by atoms with Gasteiger partial charge in [-0.15, -0.1) is 0 Å². The van der Waals surface area contributed by atoms with E-state index in [1.54, 1.807) is 6.92 Å². The molecule has 2 unspecified atom stereocenters. The molecule has 0 aromatic heterocycles. The molecule has 1 rings (SSSR count). The molecule has 1 amide bonds. The van der Waals surface area contributed by atoms with E-state index in [2.05, 4.69) is 0 Å². The van der Waals surface area contributed by atoms with Crippen LogP contribution in [0, 0.1) is 0 Å². The first-order valence-corrected chi connectivity index (χ1v) is 5.09. The van der Waals surface area contributed by atoms with Crippen molar-refractivity contribution >= 4 is 5.91 Å². The minimum absolute atomic E-state index is 0.188. The van der Waals surface area contributed by atoms with Crippen molar-refractivity contribution in [2.75, 3.05) is 6.54 Å². The van der Waals surface area contributed by atoms with Gasteiger partial charge in [-0.05, 0) is 33.1 Å². The molecule has 1 aliphatic heterocycles. The van der Waals surface area contributed by atoms with Crippen LogP contribution in [0.25, 0.3) is 0 Å². The zero-order valence-corrected chi connectivity index (χ0v) is 8.49. The van der Waals surface area contributed by atoms with Crippen molar-refractivity contribution in [1.29, 1.82) is 0 Å². The Morgan fingerprint density at radius 1 is 1.46 bits per heavy atom. The fourth-order valence-electron chi connectivity index (χ4n) is 1.91. The van der Waals surface area contributed by atoms with Gasteiger partial charge in [0.1, 0.15) is 0 Å². The van der Waals surface area contributed by atoms with Crippen LogP contribution >= 0.6 is 0 Å². The summed E-state index contributed by atoms with van der Waals surface area (Å²) < 4.78 is 0. The lowest BCUT2D eigenvalue weighted by Crippen LogP contribution is -2.42. The molecule has 0 bridgehead atoms. The van der Waals surface area contributed by atoms with Crippen LogP contribution in [-0.2, 0) is 4.79 Å². The van der Waals surface area contributed by atoms with Gasteiger partial charge in [-0.25, -0.2) is 0 Å². The van der Waals surface area contributed by atoms with Gasteiger partial charge in [-0.1, -0.05) is 0 Å². The average molecular weight is 185 g/mol. The van der Waals surface area contributed by atoms with Gasteiger partial charge >= 0.3 is 0 Å². The third-order valence-electron chi connectivity index (χ3n) is 2.57. The summed E-state index contributed by atoms with van der Waals surface area (Å²) in [7, 11) is 0. The summed E-state index contributed by atoms with van der Waals surface area (Å²) in [5, 5.41) is 9.20. The highest BCUT2D eigenvalue weighted by molar-refractivity contribution is 5.77. The zero-order valence-electron chi connectivity index (χ0n) is 8.49. The third kappa shape index (κ3) is 2.99. The molecule has 76 valence electrons. The molecular weight excluding hydrogens is 166 g/mol. The van der Waals surface area contributed by atoms with Gasteiger partial charge in [0.25, 0.3) is 0 Å². The number of hydrogen-bond donors (Lipinski definition) is 1. The van der Waals surface area contributed by atoms with Crippen molar-refractivity contribution in [1.82, 2.24) is 4.90 Å². The molecule has 13 heavy (non-hydrogen) atoms. The average Bonchev–Trinajstić information content (AvgIpc) is 2.03. The topological polar surface area (TPSA) is 40.5 Å². The van der Waals surface area contributed by atoms with Gasteiger partial charge in [0.15, 0.2) is 0 Å². The number of hydrogen-bond acceptors (Lipinski definition) is 2. The van der Waals surface area contributed by atoms with Gasteiger partial charge in [-0.2, -0.15) is 0 Å². The largest absolute Gasteiger partial charge is 0.393 e. The fourth-order valence-corrected chi connectivity index (χ4v) is 1.91. The van der Waals surface area contributed by atoms with E-state index in [0.29, 0.717) is 12.8 Å². The Kier molecular flexibility index (Phi) is 3.72. The quantitative estimate of drug-likeness (QED) is 0.716. The van der Waals surface area contributed by atoms with Crippen LogP contribution in [0.1, 0.15) is 39.5 Å². The second-order valence-electron chi connectivity index (χ2n) is 3.98. The number of carbonyl (C=O) groups is 1. The van der Waals surface area contributed by atoms with E-state index in [4.69, 9.17) is 0 Å². The van der Waals surface area contributed by atoms with E-state index in [0.717, 1.165) is 19.4 Å². The van der Waals surface area contributed by atoms with Crippen LogP contribution in [0.2, 0.25) is 0 Å². The molecule has 2 atom stereocenters. The van der Waals surface area contributed by atoms with Gasteiger partial charge < -0.3 is 10.0 Å². The maximum Gasteiger partial charge on any atom is 0.222 e. The number of amides is 1. The summed E-state index contributed by atoms with van der Waals surface area (Å²) in [4.78, 5) is 13.4. The lowest BCUT2D eigenvalue weighted by Gasteiger charge is -2.33. The predicted molar refractivity (Wildman–Crippen MR) is 51.3 cm³/mol. The highest BCUT2D eigenvalue weighted by Gasteiger charge is 2.23. The maximum atomic E-state index is 11.5. The predicted octanol–water partition coefficient (Wildman–Crippen LogP) is 1.16. The molecule has 1 heterocycles.